The third-order valence-corrected chi connectivity index (χ3v) is 8.18. The minimum absolute atomic E-state index is 0.0281. The lowest BCUT2D eigenvalue weighted by Gasteiger charge is -2.22. The molecule has 0 unspecified atom stereocenters. The molecule has 0 aromatic heterocycles. The van der Waals surface area contributed by atoms with Gasteiger partial charge in [0, 0.05) is 24.2 Å². The van der Waals surface area contributed by atoms with E-state index in [0.29, 0.717) is 31.5 Å². The Morgan fingerprint density at radius 3 is 2.58 bits per heavy atom. The Hall–Kier alpha value is -2.03. The lowest BCUT2D eigenvalue weighted by atomic mass is 9.88. The van der Waals surface area contributed by atoms with Crippen molar-refractivity contribution in [1.82, 2.24) is 10.0 Å². The number of primary sulfonamides is 1. The van der Waals surface area contributed by atoms with Crippen molar-refractivity contribution in [3.8, 4) is 0 Å². The fourth-order valence-corrected chi connectivity index (χ4v) is 6.99. The van der Waals surface area contributed by atoms with Gasteiger partial charge in [0.15, 0.2) is 12.5 Å². The molecule has 31 heavy (non-hydrogen) atoms. The van der Waals surface area contributed by atoms with Gasteiger partial charge in [0.05, 0.1) is 0 Å². The van der Waals surface area contributed by atoms with E-state index in [1.165, 1.54) is 6.07 Å². The van der Waals surface area contributed by atoms with Crippen LogP contribution in [0.4, 0.5) is 0 Å². The molecule has 2 heterocycles. The lowest BCUT2D eigenvalue weighted by Crippen LogP contribution is -2.37. The van der Waals surface area contributed by atoms with Crippen LogP contribution in [-0.2, 0) is 20.0 Å². The summed E-state index contributed by atoms with van der Waals surface area (Å²) >= 11 is 0. The van der Waals surface area contributed by atoms with Gasteiger partial charge in [0.25, 0.3) is 0 Å². The molecule has 2 atom stereocenters. The summed E-state index contributed by atoms with van der Waals surface area (Å²) in [5.41, 5.74) is 7.44. The summed E-state index contributed by atoms with van der Waals surface area (Å²) in [4.78, 5) is 3.21. The zero-order valence-corrected chi connectivity index (χ0v) is 18.4. The van der Waals surface area contributed by atoms with Crippen LogP contribution >= 0.6 is 0 Å². The van der Waals surface area contributed by atoms with Crippen LogP contribution in [0, 0.1) is 0 Å². The first-order valence-electron chi connectivity index (χ1n) is 9.98. The van der Waals surface area contributed by atoms with Gasteiger partial charge in [-0.05, 0) is 49.4 Å². The predicted octanol–water partition coefficient (Wildman–Crippen LogP) is 0.0387. The Labute approximate surface area is 181 Å². The number of nitrogens with zero attached hydrogens (tertiary/aromatic N) is 3. The van der Waals surface area contributed by atoms with Gasteiger partial charge in [-0.1, -0.05) is 12.1 Å². The molecule has 3 aliphatic rings. The summed E-state index contributed by atoms with van der Waals surface area (Å²) in [7, 11) is -8.66. The zero-order valence-electron chi connectivity index (χ0n) is 16.8. The molecule has 0 spiro atoms. The number of aliphatic imine (C=N–C) groups is 1. The predicted molar refractivity (Wildman–Crippen MR) is 115 cm³/mol. The summed E-state index contributed by atoms with van der Waals surface area (Å²) in [5.74, 6) is 0.0404. The number of nitrogens with one attached hydrogen (secondary N) is 2. The average Bonchev–Trinajstić information content (AvgIpc) is 3.40. The molecule has 1 aliphatic carbocycles. The van der Waals surface area contributed by atoms with Crippen LogP contribution in [0.15, 0.2) is 43.2 Å². The van der Waals surface area contributed by atoms with Crippen LogP contribution in [0.1, 0.15) is 36.8 Å². The molecule has 0 amide bonds. The average molecular weight is 468 g/mol. The van der Waals surface area contributed by atoms with Crippen LogP contribution < -0.4 is 20.9 Å². The highest BCUT2D eigenvalue weighted by Crippen LogP contribution is 2.36. The van der Waals surface area contributed by atoms with E-state index in [4.69, 9.17) is 10.9 Å². The van der Waals surface area contributed by atoms with E-state index >= 15 is 0 Å². The van der Waals surface area contributed by atoms with Crippen molar-refractivity contribution in [3.05, 3.63) is 29.3 Å². The zero-order chi connectivity index (χ0) is 22.2. The molecule has 0 bridgehead atoms. The summed E-state index contributed by atoms with van der Waals surface area (Å²) < 4.78 is 54.4. The minimum Gasteiger partial charge on any atom is -0.324 e. The molecule has 1 saturated heterocycles. The van der Waals surface area contributed by atoms with Gasteiger partial charge in [0.1, 0.15) is 9.79 Å². The van der Waals surface area contributed by atoms with Crippen LogP contribution in [0.25, 0.3) is 5.57 Å². The molecule has 6 N–H and O–H groups in total. The van der Waals surface area contributed by atoms with E-state index in [1.54, 1.807) is 6.07 Å². The topological polar surface area (TPSA) is 181 Å². The first kappa shape index (κ1) is 22.2. The molecule has 168 valence electrons. The highest BCUT2D eigenvalue weighted by Gasteiger charge is 2.34. The van der Waals surface area contributed by atoms with Gasteiger partial charge < -0.3 is 11.1 Å². The third kappa shape index (κ3) is 4.61. The molecule has 1 aromatic carbocycles. The van der Waals surface area contributed by atoms with Crippen molar-refractivity contribution in [2.75, 3.05) is 19.8 Å². The van der Waals surface area contributed by atoms with Gasteiger partial charge in [0.2, 0.25) is 20.0 Å². The second kappa shape index (κ2) is 8.48. The Morgan fingerprint density at radius 2 is 1.97 bits per heavy atom. The van der Waals surface area contributed by atoms with E-state index in [1.807, 2.05) is 6.08 Å². The monoisotopic (exact) mass is 467 g/mol. The molecular formula is C18H25N7O4S2. The molecular weight excluding hydrogens is 442 g/mol. The Morgan fingerprint density at radius 1 is 1.16 bits per heavy atom. The first-order chi connectivity index (χ1) is 14.7. The van der Waals surface area contributed by atoms with Gasteiger partial charge in [-0.3, -0.25) is 0 Å². The van der Waals surface area contributed by atoms with Crippen LogP contribution in [0.5, 0.6) is 0 Å². The van der Waals surface area contributed by atoms with Gasteiger partial charge >= 0.3 is 0 Å². The minimum atomic E-state index is -4.47. The van der Waals surface area contributed by atoms with Gasteiger partial charge in [-0.15, -0.1) is 5.11 Å². The molecule has 13 heteroatoms. The number of hydrogen-bond donors (Lipinski definition) is 4. The van der Waals surface area contributed by atoms with E-state index in [0.717, 1.165) is 18.4 Å². The molecule has 1 fully saturated rings. The highest BCUT2D eigenvalue weighted by atomic mass is 32.2. The maximum Gasteiger partial charge on any atom is 0.242 e. The number of sulfonamides is 2. The normalized spacial score (nSPS) is 24.3. The summed E-state index contributed by atoms with van der Waals surface area (Å²) in [6, 6.07) is 2.33. The van der Waals surface area contributed by atoms with E-state index in [9.17, 15) is 16.8 Å². The van der Waals surface area contributed by atoms with Gasteiger partial charge in [-0.2, -0.15) is 5.11 Å². The SMILES string of the molecule is N[C@H]1C=C(c2ccc(S(=O)(=O)N[C@@H]3CCNC3)c(S(N)(=O)=O)c2C2=NCN=N2)CCC1. The highest BCUT2D eigenvalue weighted by molar-refractivity contribution is 7.92. The number of nitrogens with two attached hydrogens (primary N) is 2. The van der Waals surface area contributed by atoms with Gasteiger partial charge in [-0.25, -0.2) is 31.7 Å². The third-order valence-electron chi connectivity index (χ3n) is 5.50. The maximum atomic E-state index is 13.2. The lowest BCUT2D eigenvalue weighted by molar-refractivity contribution is 0.555. The number of hydrogen-bond acceptors (Lipinski definition) is 9. The van der Waals surface area contributed by atoms with Crippen molar-refractivity contribution in [2.45, 2.75) is 47.6 Å². The summed E-state index contributed by atoms with van der Waals surface area (Å²) in [6.07, 6.45) is 4.75. The number of rotatable bonds is 6. The fourth-order valence-electron chi connectivity index (χ4n) is 4.12. The van der Waals surface area contributed by atoms with Crippen molar-refractivity contribution in [2.24, 2.45) is 26.1 Å². The second-order valence-corrected chi connectivity index (χ2v) is 11.0. The Bertz CT molecular complexity index is 1180. The number of amidine groups is 1. The Kier molecular flexibility index (Phi) is 6.07. The number of benzene rings is 1. The standard InChI is InChI=1S/C18H25N7O4S2/c19-12-3-1-2-11(8-12)14-4-5-15(31(28,29)25-13-6-7-21-9-13)17(30(20,26)27)16(14)18-22-10-23-24-18/h4-5,8,12-13,21,25H,1-3,6-7,9-10,19H2,(H2,20,26,27)/t12-,13-/m1/s1. The molecule has 1 aromatic rings. The molecule has 0 radical (unpaired) electrons. The molecule has 0 saturated carbocycles. The second-order valence-electron chi connectivity index (χ2n) is 7.78. The van der Waals surface area contributed by atoms with Crippen LogP contribution in [-0.4, -0.2) is 54.5 Å². The Balaban J connectivity index is 1.95. The van der Waals surface area contributed by atoms with E-state index in [2.05, 4.69) is 25.3 Å². The van der Waals surface area contributed by atoms with Crippen molar-refractivity contribution in [3.63, 3.8) is 0 Å². The van der Waals surface area contributed by atoms with E-state index < -0.39 is 29.8 Å². The fraction of sp³-hybridized carbons (Fsp3) is 0.500. The maximum absolute atomic E-state index is 13.2. The first-order valence-corrected chi connectivity index (χ1v) is 13.0. The summed E-state index contributed by atoms with van der Waals surface area (Å²) in [6.45, 7) is 1.16. The van der Waals surface area contributed by atoms with Crippen molar-refractivity contribution >= 4 is 31.5 Å². The quantitative estimate of drug-likeness (QED) is 0.458. The molecule has 11 nitrogen and oxygen atoms in total. The number of azo groups is 1. The van der Waals surface area contributed by atoms with Crippen LogP contribution in [0.3, 0.4) is 0 Å². The van der Waals surface area contributed by atoms with Crippen molar-refractivity contribution < 1.29 is 16.8 Å². The molecule has 2 aliphatic heterocycles. The largest absolute Gasteiger partial charge is 0.324 e. The molecule has 4 rings (SSSR count). The smallest absolute Gasteiger partial charge is 0.242 e. The van der Waals surface area contributed by atoms with E-state index in [-0.39, 0.29) is 30.2 Å². The van der Waals surface area contributed by atoms with Crippen molar-refractivity contribution in [1.29, 1.82) is 0 Å². The summed E-state index contributed by atoms with van der Waals surface area (Å²) in [5, 5.41) is 16.4. The number of allylic oxidation sites excluding steroid dienone is 1. The van der Waals surface area contributed by atoms with Crippen LogP contribution in [0.2, 0.25) is 0 Å².